The molecular weight excluding hydrogens is 230 g/mol. The lowest BCUT2D eigenvalue weighted by Crippen LogP contribution is -2.17. The summed E-state index contributed by atoms with van der Waals surface area (Å²) in [6, 6.07) is 9.91. The van der Waals surface area contributed by atoms with E-state index in [0.29, 0.717) is 0 Å². The van der Waals surface area contributed by atoms with E-state index in [2.05, 4.69) is 0 Å². The van der Waals surface area contributed by atoms with Crippen molar-refractivity contribution in [2.45, 2.75) is 0 Å². The van der Waals surface area contributed by atoms with Crippen molar-refractivity contribution in [1.82, 2.24) is 4.90 Å². The first-order chi connectivity index (χ1) is 6.61. The summed E-state index contributed by atoms with van der Waals surface area (Å²) in [7, 11) is 3.84. The second-order valence-electron chi connectivity index (χ2n) is 2.92. The van der Waals surface area contributed by atoms with Crippen LogP contribution in [-0.2, 0) is 0 Å². The van der Waals surface area contributed by atoms with Crippen molar-refractivity contribution < 1.29 is 0 Å². The molecule has 4 heteroatoms. The number of nitrogens with zero attached hydrogens (tertiary/aromatic N) is 1. The van der Waals surface area contributed by atoms with Crippen LogP contribution in [0, 0.1) is 0 Å². The molecule has 1 aromatic rings. The van der Waals surface area contributed by atoms with Crippen molar-refractivity contribution in [2.24, 2.45) is 0 Å². The molecule has 1 nitrogen and oxygen atoms in total. The number of hydrogen-bond acceptors (Lipinski definition) is 3. The fourth-order valence-corrected chi connectivity index (χ4v) is 2.18. The van der Waals surface area contributed by atoms with E-state index in [0.717, 1.165) is 14.1 Å². The Hall–Kier alpha value is -0.450. The summed E-state index contributed by atoms with van der Waals surface area (Å²) in [6.45, 7) is 0. The van der Waals surface area contributed by atoms with Crippen LogP contribution in [0.25, 0.3) is 0 Å². The van der Waals surface area contributed by atoms with Crippen molar-refractivity contribution in [1.29, 1.82) is 0 Å². The SMILES string of the molecule is CN(C)C(=S)SC(=S)c1ccccc1. The average molecular weight is 241 g/mol. The van der Waals surface area contributed by atoms with Gasteiger partial charge in [-0.25, -0.2) is 0 Å². The number of thiocarbonyl (C=S) groups is 2. The molecule has 0 heterocycles. The molecule has 1 aromatic carbocycles. The lowest BCUT2D eigenvalue weighted by Gasteiger charge is -2.12. The van der Waals surface area contributed by atoms with Crippen LogP contribution in [0.4, 0.5) is 0 Å². The molecule has 0 aliphatic heterocycles. The molecule has 14 heavy (non-hydrogen) atoms. The second-order valence-corrected chi connectivity index (χ2v) is 5.23. The monoisotopic (exact) mass is 241 g/mol. The third-order valence-corrected chi connectivity index (χ3v) is 3.62. The Balaban J connectivity index is 2.65. The number of hydrogen-bond donors (Lipinski definition) is 0. The van der Waals surface area contributed by atoms with Crippen LogP contribution in [0.15, 0.2) is 30.3 Å². The van der Waals surface area contributed by atoms with E-state index in [1.54, 1.807) is 0 Å². The molecule has 0 N–H and O–H groups in total. The van der Waals surface area contributed by atoms with Gasteiger partial charge in [0, 0.05) is 14.1 Å². The normalized spacial score (nSPS) is 9.57. The molecule has 0 atom stereocenters. The van der Waals surface area contributed by atoms with Crippen LogP contribution in [0.1, 0.15) is 5.56 Å². The van der Waals surface area contributed by atoms with Gasteiger partial charge >= 0.3 is 0 Å². The topological polar surface area (TPSA) is 3.24 Å². The van der Waals surface area contributed by atoms with E-state index in [4.69, 9.17) is 24.4 Å². The maximum absolute atomic E-state index is 5.26. The van der Waals surface area contributed by atoms with Crippen LogP contribution < -0.4 is 0 Å². The standard InChI is InChI=1S/C10H11NS3/c1-11(2)10(13)14-9(12)8-6-4-3-5-7-8/h3-7H,1-2H3. The third kappa shape index (κ3) is 3.36. The van der Waals surface area contributed by atoms with E-state index >= 15 is 0 Å². The van der Waals surface area contributed by atoms with Crippen LogP contribution in [0.3, 0.4) is 0 Å². The van der Waals surface area contributed by atoms with Gasteiger partial charge in [0.1, 0.15) is 4.32 Å². The number of benzene rings is 1. The van der Waals surface area contributed by atoms with Crippen LogP contribution in [0.5, 0.6) is 0 Å². The minimum absolute atomic E-state index is 0.791. The maximum Gasteiger partial charge on any atom is 0.141 e. The molecule has 0 spiro atoms. The summed E-state index contributed by atoms with van der Waals surface area (Å²) in [4.78, 5) is 1.88. The fraction of sp³-hybridized carbons (Fsp3) is 0.200. The molecule has 0 aliphatic carbocycles. The predicted octanol–water partition coefficient (Wildman–Crippen LogP) is 2.94. The van der Waals surface area contributed by atoms with Crippen molar-refractivity contribution in [3.63, 3.8) is 0 Å². The van der Waals surface area contributed by atoms with Gasteiger partial charge in [-0.2, -0.15) is 0 Å². The molecule has 0 saturated heterocycles. The van der Waals surface area contributed by atoms with Gasteiger partial charge < -0.3 is 4.90 Å². The summed E-state index contributed by atoms with van der Waals surface area (Å²) in [5.74, 6) is 0. The van der Waals surface area contributed by atoms with E-state index < -0.39 is 0 Å². The highest BCUT2D eigenvalue weighted by atomic mass is 32.2. The minimum atomic E-state index is 0.791. The molecule has 1 rings (SSSR count). The zero-order chi connectivity index (χ0) is 10.6. The maximum atomic E-state index is 5.26. The van der Waals surface area contributed by atoms with Gasteiger partial charge in [0.2, 0.25) is 0 Å². The molecule has 0 saturated carbocycles. The van der Waals surface area contributed by atoms with E-state index in [1.165, 1.54) is 11.8 Å². The van der Waals surface area contributed by atoms with Crippen LogP contribution in [-0.4, -0.2) is 27.5 Å². The Morgan fingerprint density at radius 2 is 1.71 bits per heavy atom. The quantitative estimate of drug-likeness (QED) is 0.695. The lowest BCUT2D eigenvalue weighted by molar-refractivity contribution is 0.648. The van der Waals surface area contributed by atoms with Crippen molar-refractivity contribution in [3.8, 4) is 0 Å². The number of rotatable bonds is 1. The highest BCUT2D eigenvalue weighted by molar-refractivity contribution is 8.38. The zero-order valence-electron chi connectivity index (χ0n) is 8.06. The Labute approximate surface area is 99.5 Å². The largest absolute Gasteiger partial charge is 0.363 e. The summed E-state index contributed by atoms with van der Waals surface area (Å²) < 4.78 is 1.61. The highest BCUT2D eigenvalue weighted by Gasteiger charge is 2.06. The van der Waals surface area contributed by atoms with E-state index in [9.17, 15) is 0 Å². The summed E-state index contributed by atoms with van der Waals surface area (Å²) in [5, 5.41) is 0. The Morgan fingerprint density at radius 3 is 2.21 bits per heavy atom. The first-order valence-corrected chi connectivity index (χ1v) is 5.73. The highest BCUT2D eigenvalue weighted by Crippen LogP contribution is 2.16. The zero-order valence-corrected chi connectivity index (χ0v) is 10.5. The molecule has 0 aliphatic rings. The molecule has 0 aromatic heterocycles. The van der Waals surface area contributed by atoms with Gasteiger partial charge in [-0.15, -0.1) is 0 Å². The molecule has 0 bridgehead atoms. The van der Waals surface area contributed by atoms with Gasteiger partial charge in [0.15, 0.2) is 0 Å². The molecule has 74 valence electrons. The smallest absolute Gasteiger partial charge is 0.141 e. The van der Waals surface area contributed by atoms with Crippen molar-refractivity contribution in [3.05, 3.63) is 35.9 Å². The van der Waals surface area contributed by atoms with Gasteiger partial charge in [0.25, 0.3) is 0 Å². The molecule has 0 amide bonds. The Morgan fingerprint density at radius 1 is 1.14 bits per heavy atom. The second kappa shape index (κ2) is 5.44. The van der Waals surface area contributed by atoms with E-state index in [1.807, 2.05) is 49.3 Å². The lowest BCUT2D eigenvalue weighted by atomic mass is 10.2. The number of thioether (sulfide) groups is 1. The Kier molecular flexibility index (Phi) is 4.51. The van der Waals surface area contributed by atoms with Crippen LogP contribution in [0.2, 0.25) is 0 Å². The fourth-order valence-electron chi connectivity index (χ4n) is 0.804. The molecular formula is C10H11NS3. The molecule has 0 fully saturated rings. The Bertz CT molecular complexity index is 332. The average Bonchev–Trinajstić information content (AvgIpc) is 2.19. The predicted molar refractivity (Wildman–Crippen MR) is 72.0 cm³/mol. The van der Waals surface area contributed by atoms with Crippen molar-refractivity contribution >= 4 is 44.7 Å². The third-order valence-electron chi connectivity index (χ3n) is 1.55. The summed E-state index contributed by atoms with van der Waals surface area (Å²) in [5.41, 5.74) is 1.05. The van der Waals surface area contributed by atoms with Crippen LogP contribution >= 0.6 is 36.2 Å². The first kappa shape index (κ1) is 11.6. The van der Waals surface area contributed by atoms with Gasteiger partial charge in [-0.1, -0.05) is 54.8 Å². The minimum Gasteiger partial charge on any atom is -0.363 e. The van der Waals surface area contributed by atoms with Gasteiger partial charge in [-0.3, -0.25) is 0 Å². The van der Waals surface area contributed by atoms with Crippen molar-refractivity contribution in [2.75, 3.05) is 14.1 Å². The molecule has 0 radical (unpaired) electrons. The molecule has 0 unspecified atom stereocenters. The summed E-state index contributed by atoms with van der Waals surface area (Å²) >= 11 is 11.9. The van der Waals surface area contributed by atoms with Gasteiger partial charge in [-0.05, 0) is 17.3 Å². The van der Waals surface area contributed by atoms with Gasteiger partial charge in [0.05, 0.1) is 4.20 Å². The summed E-state index contributed by atoms with van der Waals surface area (Å²) in [6.07, 6.45) is 0. The van der Waals surface area contributed by atoms with E-state index in [-0.39, 0.29) is 0 Å². The first-order valence-electron chi connectivity index (χ1n) is 4.10.